The van der Waals surface area contributed by atoms with Gasteiger partial charge in [0.1, 0.15) is 0 Å². The second kappa shape index (κ2) is 6.00. The van der Waals surface area contributed by atoms with E-state index in [1.807, 2.05) is 51.2 Å². The molecular weight excluding hydrogens is 276 g/mol. The Balaban J connectivity index is 2.22. The van der Waals surface area contributed by atoms with Gasteiger partial charge < -0.3 is 9.80 Å². The number of aromatic nitrogens is 4. The zero-order chi connectivity index (χ0) is 14.7. The molecule has 0 fully saturated rings. The van der Waals surface area contributed by atoms with Crippen LogP contribution in [0.2, 0.25) is 5.28 Å². The molecule has 0 aliphatic heterocycles. The molecule has 0 aliphatic rings. The molecule has 106 valence electrons. The third-order valence-corrected chi connectivity index (χ3v) is 2.84. The number of nitrogens with zero attached hydrogens (tertiary/aromatic N) is 6. The van der Waals surface area contributed by atoms with Crippen molar-refractivity contribution in [1.82, 2.24) is 19.9 Å². The van der Waals surface area contributed by atoms with Crippen LogP contribution in [-0.2, 0) is 6.54 Å². The quantitative estimate of drug-likeness (QED) is 0.858. The Bertz CT molecular complexity index is 601. The van der Waals surface area contributed by atoms with E-state index in [1.165, 1.54) is 0 Å². The van der Waals surface area contributed by atoms with E-state index in [-0.39, 0.29) is 5.28 Å². The number of hydrogen-bond donors (Lipinski definition) is 0. The minimum Gasteiger partial charge on any atom is -0.347 e. The number of anilines is 2. The maximum atomic E-state index is 5.94. The molecule has 6 nitrogen and oxygen atoms in total. The first-order chi connectivity index (χ1) is 9.45. The van der Waals surface area contributed by atoms with Gasteiger partial charge in [0.2, 0.25) is 17.2 Å². The summed E-state index contributed by atoms with van der Waals surface area (Å²) in [5.74, 6) is 1.06. The van der Waals surface area contributed by atoms with Gasteiger partial charge in [-0.2, -0.15) is 15.0 Å². The third-order valence-electron chi connectivity index (χ3n) is 2.67. The molecular formula is C13H17ClN6. The molecule has 0 bridgehead atoms. The second-order valence-electron chi connectivity index (χ2n) is 4.73. The molecule has 0 N–H and O–H groups in total. The minimum absolute atomic E-state index is 0.183. The fraction of sp³-hybridized carbons (Fsp3) is 0.385. The predicted molar refractivity (Wildman–Crippen MR) is 80.2 cm³/mol. The van der Waals surface area contributed by atoms with Crippen molar-refractivity contribution in [3.63, 3.8) is 0 Å². The van der Waals surface area contributed by atoms with Gasteiger partial charge >= 0.3 is 0 Å². The molecule has 0 amide bonds. The van der Waals surface area contributed by atoms with Crippen molar-refractivity contribution in [3.8, 4) is 0 Å². The number of halogens is 1. The summed E-state index contributed by atoms with van der Waals surface area (Å²) in [6.07, 6.45) is 0. The Morgan fingerprint density at radius 3 is 2.35 bits per heavy atom. The Labute approximate surface area is 123 Å². The smallest absolute Gasteiger partial charge is 0.231 e. The molecule has 7 heteroatoms. The van der Waals surface area contributed by atoms with Gasteiger partial charge in [0.15, 0.2) is 0 Å². The van der Waals surface area contributed by atoms with Crippen LogP contribution in [0.25, 0.3) is 0 Å². The molecule has 0 unspecified atom stereocenters. The number of rotatable bonds is 4. The normalized spacial score (nSPS) is 10.4. The Morgan fingerprint density at radius 1 is 1.00 bits per heavy atom. The standard InChI is InChI=1S/C13H17ClN6/c1-9-6-5-7-10(15-9)8-20(4)13-17-11(14)16-12(18-13)19(2)3/h5-7H,8H2,1-4H3. The molecule has 2 rings (SSSR count). The highest BCUT2D eigenvalue weighted by atomic mass is 35.5. The lowest BCUT2D eigenvalue weighted by Crippen LogP contribution is -2.22. The molecule has 0 aliphatic carbocycles. The fourth-order valence-corrected chi connectivity index (χ4v) is 1.85. The van der Waals surface area contributed by atoms with Gasteiger partial charge in [-0.15, -0.1) is 0 Å². The van der Waals surface area contributed by atoms with E-state index in [2.05, 4.69) is 19.9 Å². The minimum atomic E-state index is 0.183. The summed E-state index contributed by atoms with van der Waals surface area (Å²) in [4.78, 5) is 20.7. The van der Waals surface area contributed by atoms with E-state index in [0.717, 1.165) is 11.4 Å². The van der Waals surface area contributed by atoms with E-state index < -0.39 is 0 Å². The summed E-state index contributed by atoms with van der Waals surface area (Å²) in [7, 11) is 5.62. The van der Waals surface area contributed by atoms with E-state index in [1.54, 1.807) is 4.90 Å². The highest BCUT2D eigenvalue weighted by Crippen LogP contribution is 2.15. The lowest BCUT2D eigenvalue weighted by Gasteiger charge is -2.18. The van der Waals surface area contributed by atoms with E-state index in [4.69, 9.17) is 11.6 Å². The zero-order valence-electron chi connectivity index (χ0n) is 12.0. The molecule has 2 aromatic rings. The van der Waals surface area contributed by atoms with Crippen molar-refractivity contribution in [1.29, 1.82) is 0 Å². The molecule has 0 saturated carbocycles. The van der Waals surface area contributed by atoms with Gasteiger partial charge in [-0.25, -0.2) is 0 Å². The van der Waals surface area contributed by atoms with E-state index >= 15 is 0 Å². The first-order valence-corrected chi connectivity index (χ1v) is 6.56. The molecule has 0 aromatic carbocycles. The van der Waals surface area contributed by atoms with Crippen LogP contribution in [-0.4, -0.2) is 41.1 Å². The Hall–Kier alpha value is -1.95. The zero-order valence-corrected chi connectivity index (χ0v) is 12.8. The maximum absolute atomic E-state index is 5.94. The highest BCUT2D eigenvalue weighted by Gasteiger charge is 2.11. The van der Waals surface area contributed by atoms with Crippen LogP contribution in [0.4, 0.5) is 11.9 Å². The number of pyridine rings is 1. The predicted octanol–water partition coefficient (Wildman–Crippen LogP) is 1.93. The van der Waals surface area contributed by atoms with Crippen LogP contribution < -0.4 is 9.80 Å². The van der Waals surface area contributed by atoms with Crippen molar-refractivity contribution in [3.05, 3.63) is 34.9 Å². The average molecular weight is 293 g/mol. The molecule has 0 atom stereocenters. The van der Waals surface area contributed by atoms with Crippen molar-refractivity contribution in [2.45, 2.75) is 13.5 Å². The van der Waals surface area contributed by atoms with Crippen molar-refractivity contribution >= 4 is 23.5 Å². The molecule has 20 heavy (non-hydrogen) atoms. The monoisotopic (exact) mass is 292 g/mol. The Kier molecular flexibility index (Phi) is 4.34. The van der Waals surface area contributed by atoms with Crippen LogP contribution in [0.5, 0.6) is 0 Å². The summed E-state index contributed by atoms with van der Waals surface area (Å²) < 4.78 is 0. The molecule has 0 saturated heterocycles. The summed E-state index contributed by atoms with van der Waals surface area (Å²) in [5, 5.41) is 0.183. The van der Waals surface area contributed by atoms with Gasteiger partial charge in [-0.1, -0.05) is 6.07 Å². The first kappa shape index (κ1) is 14.5. The van der Waals surface area contributed by atoms with Gasteiger partial charge in [-0.3, -0.25) is 4.98 Å². The number of hydrogen-bond acceptors (Lipinski definition) is 6. The molecule has 2 heterocycles. The van der Waals surface area contributed by atoms with Gasteiger partial charge in [0.05, 0.1) is 12.2 Å². The summed E-state index contributed by atoms with van der Waals surface area (Å²) in [6, 6.07) is 5.92. The van der Waals surface area contributed by atoms with Crippen LogP contribution in [0, 0.1) is 6.92 Å². The highest BCUT2D eigenvalue weighted by molar-refractivity contribution is 6.28. The first-order valence-electron chi connectivity index (χ1n) is 6.18. The summed E-state index contributed by atoms with van der Waals surface area (Å²) >= 11 is 5.94. The van der Waals surface area contributed by atoms with Crippen LogP contribution in [0.1, 0.15) is 11.4 Å². The average Bonchev–Trinajstić information content (AvgIpc) is 2.37. The van der Waals surface area contributed by atoms with E-state index in [0.29, 0.717) is 18.4 Å². The molecule has 0 spiro atoms. The van der Waals surface area contributed by atoms with Crippen LogP contribution >= 0.6 is 11.6 Å². The van der Waals surface area contributed by atoms with Gasteiger partial charge in [-0.05, 0) is 30.7 Å². The number of aryl methyl sites for hydroxylation is 1. The molecule has 2 aromatic heterocycles. The van der Waals surface area contributed by atoms with Gasteiger partial charge in [0, 0.05) is 26.8 Å². The van der Waals surface area contributed by atoms with Crippen LogP contribution in [0.3, 0.4) is 0 Å². The van der Waals surface area contributed by atoms with Crippen LogP contribution in [0.15, 0.2) is 18.2 Å². The maximum Gasteiger partial charge on any atom is 0.231 e. The summed E-state index contributed by atoms with van der Waals surface area (Å²) in [5.41, 5.74) is 1.94. The van der Waals surface area contributed by atoms with Crippen molar-refractivity contribution in [2.24, 2.45) is 0 Å². The second-order valence-corrected chi connectivity index (χ2v) is 5.06. The molecule has 0 radical (unpaired) electrons. The summed E-state index contributed by atoms with van der Waals surface area (Å²) in [6.45, 7) is 2.57. The lowest BCUT2D eigenvalue weighted by atomic mass is 10.3. The topological polar surface area (TPSA) is 58.0 Å². The van der Waals surface area contributed by atoms with Gasteiger partial charge in [0.25, 0.3) is 0 Å². The van der Waals surface area contributed by atoms with Crippen molar-refractivity contribution in [2.75, 3.05) is 30.9 Å². The SMILES string of the molecule is Cc1cccc(CN(C)c2nc(Cl)nc(N(C)C)n2)n1. The van der Waals surface area contributed by atoms with Crippen molar-refractivity contribution < 1.29 is 0 Å². The largest absolute Gasteiger partial charge is 0.347 e. The Morgan fingerprint density at radius 2 is 1.70 bits per heavy atom. The lowest BCUT2D eigenvalue weighted by molar-refractivity contribution is 0.819. The van der Waals surface area contributed by atoms with E-state index in [9.17, 15) is 0 Å². The fourth-order valence-electron chi connectivity index (χ4n) is 1.70. The third kappa shape index (κ3) is 3.54.